The highest BCUT2D eigenvalue weighted by Crippen LogP contribution is 2.38. The Kier molecular flexibility index (Phi) is 6.20. The molecule has 1 atom stereocenters. The standard InChI is InChI=1S/C24H27FN6O5/c1-14(12-29-15(2)27-11-22(29)31(34)35)36-24(33)18-13-30(16-3-4-16)20-10-21(28-7-5-26-6-8-28)19(25)9-17(20)23(18)32/h9-11,13-14,16,26H,3-8,12H2,1-2H3. The highest BCUT2D eigenvalue weighted by Gasteiger charge is 2.29. The number of nitro groups is 1. The van der Waals surface area contributed by atoms with Gasteiger partial charge in [-0.25, -0.2) is 18.7 Å². The summed E-state index contributed by atoms with van der Waals surface area (Å²) in [5.41, 5.74) is 0.243. The number of nitrogens with one attached hydrogen (secondary N) is 1. The van der Waals surface area contributed by atoms with Crippen molar-refractivity contribution < 1.29 is 18.8 Å². The third kappa shape index (κ3) is 4.43. The van der Waals surface area contributed by atoms with E-state index in [4.69, 9.17) is 4.74 Å². The normalized spacial score (nSPS) is 16.8. The first kappa shape index (κ1) is 23.9. The minimum Gasteiger partial charge on any atom is -0.455 e. The highest BCUT2D eigenvalue weighted by atomic mass is 19.1. The van der Waals surface area contributed by atoms with Crippen LogP contribution in [0.5, 0.6) is 0 Å². The second-order valence-corrected chi connectivity index (χ2v) is 9.32. The molecular formula is C24H27FN6O5. The Bertz CT molecular complexity index is 1410. The Morgan fingerprint density at radius 3 is 2.72 bits per heavy atom. The van der Waals surface area contributed by atoms with Crippen molar-refractivity contribution in [1.82, 2.24) is 19.4 Å². The van der Waals surface area contributed by atoms with Crippen LogP contribution in [-0.2, 0) is 11.3 Å². The molecule has 2 aromatic heterocycles. The fraction of sp³-hybridized carbons (Fsp3) is 0.458. The molecule has 0 radical (unpaired) electrons. The summed E-state index contributed by atoms with van der Waals surface area (Å²) < 4.78 is 23.8. The Labute approximate surface area is 205 Å². The van der Waals surface area contributed by atoms with Gasteiger partial charge in [-0.05, 0) is 36.8 Å². The summed E-state index contributed by atoms with van der Waals surface area (Å²) in [6.45, 7) is 6.01. The van der Waals surface area contributed by atoms with Gasteiger partial charge in [-0.15, -0.1) is 0 Å². The molecule has 12 heteroatoms. The molecule has 3 aromatic rings. The summed E-state index contributed by atoms with van der Waals surface area (Å²) in [6.07, 6.45) is 3.66. The molecular weight excluding hydrogens is 471 g/mol. The second-order valence-electron chi connectivity index (χ2n) is 9.32. The van der Waals surface area contributed by atoms with Gasteiger partial charge in [0.25, 0.3) is 0 Å². The summed E-state index contributed by atoms with van der Waals surface area (Å²) in [5.74, 6) is -1.17. The SMILES string of the molecule is Cc1ncc([N+](=O)[O-])n1CC(C)OC(=O)c1cn(C2CC2)c2cc(N3CCNCC3)c(F)cc2c1=O. The number of rotatable bonds is 7. The van der Waals surface area contributed by atoms with Crippen LogP contribution in [0.4, 0.5) is 15.9 Å². The number of ether oxygens (including phenoxy) is 1. The van der Waals surface area contributed by atoms with Crippen molar-refractivity contribution in [2.24, 2.45) is 0 Å². The third-order valence-electron chi connectivity index (χ3n) is 6.69. The van der Waals surface area contributed by atoms with Crippen molar-refractivity contribution in [3.05, 3.63) is 62.1 Å². The predicted molar refractivity (Wildman–Crippen MR) is 130 cm³/mol. The van der Waals surface area contributed by atoms with Crippen LogP contribution in [0, 0.1) is 22.9 Å². The second kappa shape index (κ2) is 9.34. The van der Waals surface area contributed by atoms with Gasteiger partial charge >= 0.3 is 11.8 Å². The largest absolute Gasteiger partial charge is 0.455 e. The summed E-state index contributed by atoms with van der Waals surface area (Å²) in [5, 5.41) is 14.6. The summed E-state index contributed by atoms with van der Waals surface area (Å²) in [6, 6.07) is 3.04. The number of carbonyl (C=O) groups excluding carboxylic acids is 1. The zero-order valence-electron chi connectivity index (χ0n) is 20.1. The van der Waals surface area contributed by atoms with Crippen molar-refractivity contribution in [2.75, 3.05) is 31.1 Å². The average molecular weight is 499 g/mol. The van der Waals surface area contributed by atoms with Gasteiger partial charge in [0.05, 0.1) is 11.2 Å². The molecule has 5 rings (SSSR count). The van der Waals surface area contributed by atoms with Gasteiger partial charge in [0, 0.05) is 50.7 Å². The van der Waals surface area contributed by atoms with Crippen LogP contribution in [0.15, 0.2) is 29.3 Å². The van der Waals surface area contributed by atoms with Crippen LogP contribution in [0.2, 0.25) is 0 Å². The number of esters is 1. The number of anilines is 1. The summed E-state index contributed by atoms with van der Waals surface area (Å²) >= 11 is 0. The quantitative estimate of drug-likeness (QED) is 0.299. The molecule has 1 aliphatic carbocycles. The molecule has 0 spiro atoms. The van der Waals surface area contributed by atoms with Crippen molar-refractivity contribution in [3.8, 4) is 0 Å². The number of hydrogen-bond acceptors (Lipinski definition) is 8. The van der Waals surface area contributed by atoms with E-state index in [1.807, 2.05) is 9.47 Å². The molecule has 1 saturated carbocycles. The van der Waals surface area contributed by atoms with E-state index in [0.717, 1.165) is 32.1 Å². The zero-order chi connectivity index (χ0) is 25.6. The molecule has 190 valence electrons. The molecule has 1 saturated heterocycles. The number of halogens is 1. The van der Waals surface area contributed by atoms with E-state index >= 15 is 4.39 Å². The van der Waals surface area contributed by atoms with Crippen LogP contribution in [0.3, 0.4) is 0 Å². The van der Waals surface area contributed by atoms with Crippen LogP contribution < -0.4 is 15.6 Å². The number of pyridine rings is 1. The van der Waals surface area contributed by atoms with Crippen LogP contribution in [0.1, 0.15) is 42.0 Å². The number of imidazole rings is 1. The summed E-state index contributed by atoms with van der Waals surface area (Å²) in [4.78, 5) is 42.9. The first-order valence-electron chi connectivity index (χ1n) is 12.0. The molecule has 0 amide bonds. The fourth-order valence-corrected chi connectivity index (χ4v) is 4.68. The molecule has 0 bridgehead atoms. The van der Waals surface area contributed by atoms with Gasteiger partial charge < -0.3 is 29.6 Å². The van der Waals surface area contributed by atoms with Crippen LogP contribution >= 0.6 is 0 Å². The molecule has 11 nitrogen and oxygen atoms in total. The molecule has 1 aromatic carbocycles. The lowest BCUT2D eigenvalue weighted by atomic mass is 10.1. The Morgan fingerprint density at radius 2 is 2.06 bits per heavy atom. The number of piperazine rings is 1. The molecule has 3 heterocycles. The van der Waals surface area contributed by atoms with E-state index in [1.54, 1.807) is 19.9 Å². The lowest BCUT2D eigenvalue weighted by Crippen LogP contribution is -2.43. The summed E-state index contributed by atoms with van der Waals surface area (Å²) in [7, 11) is 0. The van der Waals surface area contributed by atoms with E-state index in [-0.39, 0.29) is 29.4 Å². The van der Waals surface area contributed by atoms with Gasteiger partial charge in [0.15, 0.2) is 5.82 Å². The Balaban J connectivity index is 1.47. The smallest absolute Gasteiger partial charge is 0.344 e. The van der Waals surface area contributed by atoms with Crippen molar-refractivity contribution >= 4 is 28.4 Å². The lowest BCUT2D eigenvalue weighted by molar-refractivity contribution is -0.392. The van der Waals surface area contributed by atoms with E-state index in [1.165, 1.54) is 16.8 Å². The van der Waals surface area contributed by atoms with Crippen LogP contribution in [0.25, 0.3) is 10.9 Å². The van der Waals surface area contributed by atoms with Gasteiger partial charge in [-0.3, -0.25) is 4.79 Å². The highest BCUT2D eigenvalue weighted by molar-refractivity contribution is 5.94. The lowest BCUT2D eigenvalue weighted by Gasteiger charge is -2.30. The number of nitrogens with zero attached hydrogens (tertiary/aromatic N) is 5. The number of benzene rings is 1. The fourth-order valence-electron chi connectivity index (χ4n) is 4.68. The van der Waals surface area contributed by atoms with E-state index in [0.29, 0.717) is 30.1 Å². The molecule has 1 N–H and O–H groups in total. The first-order chi connectivity index (χ1) is 17.2. The third-order valence-corrected chi connectivity index (χ3v) is 6.69. The minimum atomic E-state index is -0.851. The van der Waals surface area contributed by atoms with E-state index in [9.17, 15) is 19.7 Å². The maximum absolute atomic E-state index is 15.1. The number of aromatic nitrogens is 3. The maximum Gasteiger partial charge on any atom is 0.344 e. The Hall–Kier alpha value is -3.80. The molecule has 2 aliphatic rings. The minimum absolute atomic E-state index is 0.000956. The molecule has 36 heavy (non-hydrogen) atoms. The number of hydrogen-bond donors (Lipinski definition) is 1. The van der Waals surface area contributed by atoms with Gasteiger partial charge in [0.1, 0.15) is 30.2 Å². The molecule has 1 aliphatic heterocycles. The Morgan fingerprint density at radius 1 is 1.33 bits per heavy atom. The predicted octanol–water partition coefficient (Wildman–Crippen LogP) is 2.54. The number of fused-ring (bicyclic) bond motifs is 1. The maximum atomic E-state index is 15.1. The van der Waals surface area contributed by atoms with E-state index in [2.05, 4.69) is 10.3 Å². The van der Waals surface area contributed by atoms with Crippen molar-refractivity contribution in [3.63, 3.8) is 0 Å². The van der Waals surface area contributed by atoms with E-state index < -0.39 is 28.2 Å². The van der Waals surface area contributed by atoms with Gasteiger partial charge in [-0.2, -0.15) is 0 Å². The zero-order valence-corrected chi connectivity index (χ0v) is 20.1. The topological polar surface area (TPSA) is 125 Å². The molecule has 2 fully saturated rings. The number of aryl methyl sites for hydroxylation is 1. The van der Waals surface area contributed by atoms with Crippen molar-refractivity contribution in [2.45, 2.75) is 45.4 Å². The van der Waals surface area contributed by atoms with Gasteiger partial charge in [0.2, 0.25) is 5.43 Å². The monoisotopic (exact) mass is 498 g/mol. The van der Waals surface area contributed by atoms with Crippen LogP contribution in [-0.4, -0.2) is 57.3 Å². The molecule has 1 unspecified atom stereocenters. The van der Waals surface area contributed by atoms with Gasteiger partial charge in [-0.1, -0.05) is 0 Å². The average Bonchev–Trinajstić information content (AvgIpc) is 3.63. The number of carbonyl (C=O) groups is 1. The first-order valence-corrected chi connectivity index (χ1v) is 12.0. The van der Waals surface area contributed by atoms with Crippen molar-refractivity contribution in [1.29, 1.82) is 0 Å².